The van der Waals surface area contributed by atoms with E-state index in [1.54, 1.807) is 7.11 Å². The summed E-state index contributed by atoms with van der Waals surface area (Å²) >= 11 is 0. The lowest BCUT2D eigenvalue weighted by atomic mass is 9.96. The molecule has 16 heavy (non-hydrogen) atoms. The number of hydrogen-bond acceptors (Lipinski definition) is 2. The quantitative estimate of drug-likeness (QED) is 0.840. The van der Waals surface area contributed by atoms with E-state index in [-0.39, 0.29) is 0 Å². The molecule has 0 amide bonds. The van der Waals surface area contributed by atoms with Crippen molar-refractivity contribution in [2.75, 3.05) is 13.7 Å². The van der Waals surface area contributed by atoms with Crippen LogP contribution < -0.4 is 10.1 Å². The fourth-order valence-corrected chi connectivity index (χ4v) is 2.74. The Kier molecular flexibility index (Phi) is 3.83. The second-order valence-electron chi connectivity index (χ2n) is 4.51. The van der Waals surface area contributed by atoms with Gasteiger partial charge in [-0.15, -0.1) is 0 Å². The van der Waals surface area contributed by atoms with E-state index in [0.717, 1.165) is 12.3 Å². The van der Waals surface area contributed by atoms with Crippen molar-refractivity contribution in [3.63, 3.8) is 0 Å². The molecule has 1 aliphatic rings. The molecule has 0 aromatic heterocycles. The van der Waals surface area contributed by atoms with Gasteiger partial charge in [0, 0.05) is 6.04 Å². The molecule has 2 atom stereocenters. The summed E-state index contributed by atoms with van der Waals surface area (Å²) in [4.78, 5) is 0. The molecule has 0 saturated heterocycles. The third-order valence-electron chi connectivity index (χ3n) is 3.50. The fraction of sp³-hybridized carbons (Fsp3) is 0.571. The monoisotopic (exact) mass is 219 g/mol. The predicted octanol–water partition coefficient (Wildman–Crippen LogP) is 2.94. The summed E-state index contributed by atoms with van der Waals surface area (Å²) in [5, 5.41) is 3.54. The van der Waals surface area contributed by atoms with Crippen LogP contribution in [-0.4, -0.2) is 19.7 Å². The second-order valence-corrected chi connectivity index (χ2v) is 4.51. The van der Waals surface area contributed by atoms with Crippen molar-refractivity contribution >= 4 is 0 Å². The molecule has 2 unspecified atom stereocenters. The van der Waals surface area contributed by atoms with Gasteiger partial charge < -0.3 is 10.1 Å². The molecule has 0 radical (unpaired) electrons. The van der Waals surface area contributed by atoms with Gasteiger partial charge in [0.25, 0.3) is 0 Å². The number of hydrogen-bond donors (Lipinski definition) is 1. The van der Waals surface area contributed by atoms with Crippen molar-refractivity contribution in [1.82, 2.24) is 5.32 Å². The van der Waals surface area contributed by atoms with Gasteiger partial charge in [0.05, 0.1) is 7.11 Å². The van der Waals surface area contributed by atoms with Gasteiger partial charge in [0.1, 0.15) is 5.75 Å². The molecule has 0 heterocycles. The van der Waals surface area contributed by atoms with Crippen molar-refractivity contribution in [1.29, 1.82) is 0 Å². The van der Waals surface area contributed by atoms with Crippen molar-refractivity contribution in [3.8, 4) is 5.75 Å². The lowest BCUT2D eigenvalue weighted by Gasteiger charge is -2.15. The van der Waals surface area contributed by atoms with Crippen LogP contribution in [0.3, 0.4) is 0 Å². The Morgan fingerprint density at radius 3 is 2.88 bits per heavy atom. The number of methoxy groups -OCH3 is 1. The molecule has 2 heteroatoms. The third-order valence-corrected chi connectivity index (χ3v) is 3.50. The van der Waals surface area contributed by atoms with Gasteiger partial charge in [-0.2, -0.15) is 0 Å². The maximum absolute atomic E-state index is 5.43. The van der Waals surface area contributed by atoms with Crippen molar-refractivity contribution in [3.05, 3.63) is 29.8 Å². The van der Waals surface area contributed by atoms with Crippen LogP contribution in [0.15, 0.2) is 24.3 Å². The van der Waals surface area contributed by atoms with Gasteiger partial charge in [0.2, 0.25) is 0 Å². The van der Waals surface area contributed by atoms with Gasteiger partial charge in [-0.25, -0.2) is 0 Å². The highest BCUT2D eigenvalue weighted by atomic mass is 16.5. The fourth-order valence-electron chi connectivity index (χ4n) is 2.74. The molecule has 0 bridgehead atoms. The summed E-state index contributed by atoms with van der Waals surface area (Å²) in [6, 6.07) is 9.12. The molecule has 2 nitrogen and oxygen atoms in total. The van der Waals surface area contributed by atoms with Gasteiger partial charge in [-0.05, 0) is 43.4 Å². The summed E-state index contributed by atoms with van der Waals surface area (Å²) < 4.78 is 5.43. The van der Waals surface area contributed by atoms with Gasteiger partial charge in [-0.3, -0.25) is 0 Å². The lowest BCUT2D eigenvalue weighted by Crippen LogP contribution is -2.25. The number of para-hydroxylation sites is 1. The molecular weight excluding hydrogens is 198 g/mol. The largest absolute Gasteiger partial charge is 0.496 e. The standard InChI is InChI=1S/C14H21NO/c1-3-15-12-9-8-11(10-12)13-6-4-5-7-14(13)16-2/h4-7,11-12,15H,3,8-10H2,1-2H3. The highest BCUT2D eigenvalue weighted by Gasteiger charge is 2.26. The minimum Gasteiger partial charge on any atom is -0.496 e. The Labute approximate surface area is 98.0 Å². The number of nitrogens with one attached hydrogen (secondary N) is 1. The van der Waals surface area contributed by atoms with Crippen LogP contribution in [-0.2, 0) is 0 Å². The highest BCUT2D eigenvalue weighted by Crippen LogP contribution is 2.38. The first-order valence-electron chi connectivity index (χ1n) is 6.21. The van der Waals surface area contributed by atoms with Crippen LogP contribution in [0.2, 0.25) is 0 Å². The summed E-state index contributed by atoms with van der Waals surface area (Å²) in [7, 11) is 1.76. The average molecular weight is 219 g/mol. The maximum Gasteiger partial charge on any atom is 0.122 e. The van der Waals surface area contributed by atoms with Gasteiger partial charge >= 0.3 is 0 Å². The smallest absolute Gasteiger partial charge is 0.122 e. The zero-order chi connectivity index (χ0) is 11.4. The van der Waals surface area contributed by atoms with Crippen LogP contribution in [0.5, 0.6) is 5.75 Å². The number of benzene rings is 1. The lowest BCUT2D eigenvalue weighted by molar-refractivity contribution is 0.405. The van der Waals surface area contributed by atoms with E-state index >= 15 is 0 Å². The molecule has 88 valence electrons. The van der Waals surface area contributed by atoms with Crippen LogP contribution >= 0.6 is 0 Å². The molecule has 1 aliphatic carbocycles. The van der Waals surface area contributed by atoms with E-state index in [0.29, 0.717) is 12.0 Å². The second kappa shape index (κ2) is 5.35. The average Bonchev–Trinajstić information content (AvgIpc) is 2.78. The van der Waals surface area contributed by atoms with Gasteiger partial charge in [0.15, 0.2) is 0 Å². The van der Waals surface area contributed by atoms with Crippen molar-refractivity contribution in [2.24, 2.45) is 0 Å². The molecular formula is C14H21NO. The van der Waals surface area contributed by atoms with Crippen molar-refractivity contribution < 1.29 is 4.74 Å². The Morgan fingerprint density at radius 1 is 1.31 bits per heavy atom. The summed E-state index contributed by atoms with van der Waals surface area (Å²) in [5.74, 6) is 1.71. The normalized spacial score (nSPS) is 24.6. The first kappa shape index (κ1) is 11.5. The Balaban J connectivity index is 2.08. The molecule has 1 aromatic carbocycles. The van der Waals surface area contributed by atoms with E-state index in [1.807, 2.05) is 6.07 Å². The molecule has 1 N–H and O–H groups in total. The number of ether oxygens (including phenoxy) is 1. The highest BCUT2D eigenvalue weighted by molar-refractivity contribution is 5.36. The van der Waals surface area contributed by atoms with E-state index in [9.17, 15) is 0 Å². The molecule has 0 spiro atoms. The first-order valence-corrected chi connectivity index (χ1v) is 6.21. The van der Waals surface area contributed by atoms with E-state index in [4.69, 9.17) is 4.74 Å². The van der Waals surface area contributed by atoms with E-state index in [1.165, 1.54) is 24.8 Å². The SMILES string of the molecule is CCNC1CCC(c2ccccc2OC)C1. The molecule has 1 saturated carbocycles. The molecule has 1 fully saturated rings. The first-order chi connectivity index (χ1) is 7.85. The van der Waals surface area contributed by atoms with Crippen LogP contribution in [0.4, 0.5) is 0 Å². The van der Waals surface area contributed by atoms with Crippen LogP contribution in [0.1, 0.15) is 37.7 Å². The number of rotatable bonds is 4. The molecule has 0 aliphatic heterocycles. The van der Waals surface area contributed by atoms with Crippen LogP contribution in [0, 0.1) is 0 Å². The van der Waals surface area contributed by atoms with Crippen molar-refractivity contribution in [2.45, 2.75) is 38.1 Å². The molecule has 2 rings (SSSR count). The zero-order valence-corrected chi connectivity index (χ0v) is 10.2. The third kappa shape index (κ3) is 2.38. The van der Waals surface area contributed by atoms with Gasteiger partial charge in [-0.1, -0.05) is 25.1 Å². The Bertz CT molecular complexity index is 337. The minimum atomic E-state index is 0.667. The summed E-state index contributed by atoms with van der Waals surface area (Å²) in [5.41, 5.74) is 1.38. The summed E-state index contributed by atoms with van der Waals surface area (Å²) in [6.45, 7) is 3.25. The Morgan fingerprint density at radius 2 is 2.12 bits per heavy atom. The minimum absolute atomic E-state index is 0.667. The topological polar surface area (TPSA) is 21.3 Å². The van der Waals surface area contributed by atoms with Crippen LogP contribution in [0.25, 0.3) is 0 Å². The van der Waals surface area contributed by atoms with E-state index < -0.39 is 0 Å². The summed E-state index contributed by atoms with van der Waals surface area (Å²) in [6.07, 6.45) is 3.81. The maximum atomic E-state index is 5.43. The predicted molar refractivity (Wildman–Crippen MR) is 67.1 cm³/mol. The molecule has 1 aromatic rings. The Hall–Kier alpha value is -1.02. The van der Waals surface area contributed by atoms with E-state index in [2.05, 4.69) is 30.4 Å². The zero-order valence-electron chi connectivity index (χ0n) is 10.2.